The predicted molar refractivity (Wildman–Crippen MR) is 131 cm³/mol. The number of hydrogen-bond acceptors (Lipinski definition) is 3. The summed E-state index contributed by atoms with van der Waals surface area (Å²) in [5, 5.41) is 1.24. The summed E-state index contributed by atoms with van der Waals surface area (Å²) in [4.78, 5) is 33.0. The maximum Gasteiger partial charge on any atom is 0.275 e. The second kappa shape index (κ2) is 7.72. The molecule has 0 unspecified atom stereocenters. The Balaban J connectivity index is 1.36. The zero-order valence-corrected chi connectivity index (χ0v) is 19.9. The first kappa shape index (κ1) is 21.0. The van der Waals surface area contributed by atoms with Crippen LogP contribution in [0.2, 0.25) is 0 Å². The van der Waals surface area contributed by atoms with Crippen molar-refractivity contribution in [2.45, 2.75) is 65.2 Å². The molecule has 1 aliphatic heterocycles. The number of fused-ring (bicyclic) bond motifs is 2. The van der Waals surface area contributed by atoms with Gasteiger partial charge in [-0.1, -0.05) is 6.07 Å². The molecule has 34 heavy (non-hydrogen) atoms. The third kappa shape index (κ3) is 3.30. The molecule has 0 radical (unpaired) electrons. The van der Waals surface area contributed by atoms with Crippen molar-refractivity contribution in [3.8, 4) is 5.69 Å². The highest BCUT2D eigenvalue weighted by atomic mass is 16.2. The Labute approximate surface area is 198 Å². The van der Waals surface area contributed by atoms with Gasteiger partial charge < -0.3 is 18.6 Å². The number of amides is 1. The minimum Gasteiger partial charge on any atom is -0.347 e. The van der Waals surface area contributed by atoms with Crippen molar-refractivity contribution in [1.82, 2.24) is 23.6 Å². The van der Waals surface area contributed by atoms with E-state index in [1.165, 1.54) is 34.9 Å². The van der Waals surface area contributed by atoms with Crippen molar-refractivity contribution in [1.29, 1.82) is 0 Å². The SMILES string of the molecule is CCn1cc(CN2C(=O)c3ccc(-n4cnc(C)c4)c(=O)n3C[C@H]2C)c2cc(C3CC3)ccc21. The van der Waals surface area contributed by atoms with Gasteiger partial charge in [-0.2, -0.15) is 0 Å². The molecule has 3 aromatic heterocycles. The Kier molecular flexibility index (Phi) is 4.76. The molecule has 1 aromatic carbocycles. The molecule has 0 N–H and O–H groups in total. The van der Waals surface area contributed by atoms with Gasteiger partial charge in [0.2, 0.25) is 0 Å². The van der Waals surface area contributed by atoms with Crippen LogP contribution < -0.4 is 5.56 Å². The average Bonchev–Trinajstić information content (AvgIpc) is 3.50. The van der Waals surface area contributed by atoms with Gasteiger partial charge in [-0.3, -0.25) is 9.59 Å². The molecule has 1 saturated carbocycles. The Morgan fingerprint density at radius 3 is 2.62 bits per heavy atom. The van der Waals surface area contributed by atoms with E-state index in [1.807, 2.05) is 24.9 Å². The number of nitrogens with zero attached hydrogens (tertiary/aromatic N) is 5. The van der Waals surface area contributed by atoms with Crippen LogP contribution in [-0.2, 0) is 19.6 Å². The molecule has 1 amide bonds. The first-order valence-electron chi connectivity index (χ1n) is 12.1. The molecule has 1 fully saturated rings. The van der Waals surface area contributed by atoms with Crippen molar-refractivity contribution < 1.29 is 4.79 Å². The van der Waals surface area contributed by atoms with E-state index in [0.717, 1.165) is 12.2 Å². The zero-order valence-electron chi connectivity index (χ0n) is 19.9. The van der Waals surface area contributed by atoms with E-state index in [1.54, 1.807) is 27.6 Å². The number of rotatable bonds is 5. The molecule has 1 aliphatic carbocycles. The maximum atomic E-state index is 13.6. The summed E-state index contributed by atoms with van der Waals surface area (Å²) in [6, 6.07) is 10.2. The van der Waals surface area contributed by atoms with E-state index < -0.39 is 0 Å². The van der Waals surface area contributed by atoms with Gasteiger partial charge in [-0.05, 0) is 74.9 Å². The van der Waals surface area contributed by atoms with Gasteiger partial charge in [0.1, 0.15) is 11.4 Å². The van der Waals surface area contributed by atoms with Crippen molar-refractivity contribution >= 4 is 16.8 Å². The fourth-order valence-corrected chi connectivity index (χ4v) is 5.25. The lowest BCUT2D eigenvalue weighted by molar-refractivity contribution is 0.0591. The molecule has 0 spiro atoms. The van der Waals surface area contributed by atoms with Gasteiger partial charge in [0.05, 0.1) is 12.0 Å². The molecule has 7 nitrogen and oxygen atoms in total. The number of carbonyl (C=O) groups is 1. The number of imidazole rings is 1. The minimum atomic E-state index is -0.161. The third-order valence-electron chi connectivity index (χ3n) is 7.32. The molecule has 4 aromatic rings. The second-order valence-corrected chi connectivity index (χ2v) is 9.72. The van der Waals surface area contributed by atoms with Gasteiger partial charge in [0, 0.05) is 49.0 Å². The van der Waals surface area contributed by atoms with Crippen LogP contribution in [-0.4, -0.2) is 35.5 Å². The number of aromatic nitrogens is 4. The first-order valence-corrected chi connectivity index (χ1v) is 12.1. The summed E-state index contributed by atoms with van der Waals surface area (Å²) >= 11 is 0. The van der Waals surface area contributed by atoms with Crippen LogP contribution in [0.4, 0.5) is 0 Å². The summed E-state index contributed by atoms with van der Waals surface area (Å²) in [6.07, 6.45) is 8.18. The molecule has 4 heterocycles. The molecule has 1 atom stereocenters. The molecule has 6 rings (SSSR count). The second-order valence-electron chi connectivity index (χ2n) is 9.72. The summed E-state index contributed by atoms with van der Waals surface area (Å²) in [7, 11) is 0. The van der Waals surface area contributed by atoms with E-state index in [2.05, 4.69) is 40.9 Å². The van der Waals surface area contributed by atoms with E-state index in [4.69, 9.17) is 0 Å². The topological polar surface area (TPSA) is 65.1 Å². The van der Waals surface area contributed by atoms with Crippen LogP contribution in [0.25, 0.3) is 16.6 Å². The summed E-state index contributed by atoms with van der Waals surface area (Å²) < 4.78 is 5.61. The van der Waals surface area contributed by atoms with Crippen molar-refractivity contribution in [2.24, 2.45) is 0 Å². The van der Waals surface area contributed by atoms with E-state index in [-0.39, 0.29) is 17.5 Å². The standard InChI is InChI=1S/C27H29N5O2/c1-4-29-14-21(22-11-20(19-5-6-19)7-8-23(22)29)15-31-18(3)13-32-25(27(31)34)10-9-24(26(32)33)30-12-17(2)28-16-30/h7-12,14,16,18-19H,4-6,13,15H2,1-3H3/t18-/m1/s1. The monoisotopic (exact) mass is 455 g/mol. The van der Waals surface area contributed by atoms with E-state index >= 15 is 0 Å². The van der Waals surface area contributed by atoms with Crippen LogP contribution in [0.5, 0.6) is 0 Å². The highest BCUT2D eigenvalue weighted by molar-refractivity contribution is 5.94. The summed E-state index contributed by atoms with van der Waals surface area (Å²) in [5.74, 6) is 0.588. The smallest absolute Gasteiger partial charge is 0.275 e. The lowest BCUT2D eigenvalue weighted by Gasteiger charge is -2.35. The van der Waals surface area contributed by atoms with Crippen molar-refractivity contribution in [3.63, 3.8) is 0 Å². The number of benzene rings is 1. The molecule has 2 aliphatic rings. The van der Waals surface area contributed by atoms with Crippen LogP contribution in [0.1, 0.15) is 59.9 Å². The van der Waals surface area contributed by atoms with Gasteiger partial charge in [0.25, 0.3) is 11.5 Å². The highest BCUT2D eigenvalue weighted by Gasteiger charge is 2.32. The Morgan fingerprint density at radius 1 is 1.09 bits per heavy atom. The fraction of sp³-hybridized carbons (Fsp3) is 0.370. The molecule has 174 valence electrons. The normalized spacial score (nSPS) is 18.0. The lowest BCUT2D eigenvalue weighted by atomic mass is 10.0. The summed E-state index contributed by atoms with van der Waals surface area (Å²) in [6.45, 7) is 7.96. The van der Waals surface area contributed by atoms with Crippen LogP contribution in [0, 0.1) is 6.92 Å². The zero-order chi connectivity index (χ0) is 23.6. The van der Waals surface area contributed by atoms with Crippen LogP contribution in [0.15, 0.2) is 53.8 Å². The number of aryl methyl sites for hydroxylation is 2. The van der Waals surface area contributed by atoms with Crippen molar-refractivity contribution in [3.05, 3.63) is 81.9 Å². The highest BCUT2D eigenvalue weighted by Crippen LogP contribution is 2.41. The van der Waals surface area contributed by atoms with E-state index in [0.29, 0.717) is 30.4 Å². The molecule has 0 saturated heterocycles. The third-order valence-corrected chi connectivity index (χ3v) is 7.32. The van der Waals surface area contributed by atoms with Gasteiger partial charge in [-0.15, -0.1) is 0 Å². The van der Waals surface area contributed by atoms with Gasteiger partial charge in [-0.25, -0.2) is 4.98 Å². The minimum absolute atomic E-state index is 0.0934. The Morgan fingerprint density at radius 2 is 1.91 bits per heavy atom. The molecular formula is C27H29N5O2. The lowest BCUT2D eigenvalue weighted by Crippen LogP contribution is -2.49. The quantitative estimate of drug-likeness (QED) is 0.452. The van der Waals surface area contributed by atoms with Crippen LogP contribution in [0.3, 0.4) is 0 Å². The number of hydrogen-bond donors (Lipinski definition) is 0. The molecule has 0 bridgehead atoms. The molecular weight excluding hydrogens is 426 g/mol. The fourth-order valence-electron chi connectivity index (χ4n) is 5.25. The van der Waals surface area contributed by atoms with Crippen LogP contribution >= 0.6 is 0 Å². The average molecular weight is 456 g/mol. The maximum absolute atomic E-state index is 13.6. The number of pyridine rings is 1. The van der Waals surface area contributed by atoms with Gasteiger partial charge >= 0.3 is 0 Å². The first-order chi connectivity index (χ1) is 16.4. The van der Waals surface area contributed by atoms with Gasteiger partial charge in [0.15, 0.2) is 0 Å². The predicted octanol–water partition coefficient (Wildman–Crippen LogP) is 4.24. The largest absolute Gasteiger partial charge is 0.347 e. The summed E-state index contributed by atoms with van der Waals surface area (Å²) in [5.41, 5.74) is 5.43. The Bertz CT molecular complexity index is 1490. The van der Waals surface area contributed by atoms with E-state index in [9.17, 15) is 9.59 Å². The number of carbonyl (C=O) groups excluding carboxylic acids is 1. The van der Waals surface area contributed by atoms with Crippen molar-refractivity contribution in [2.75, 3.05) is 0 Å². The Hall–Kier alpha value is -3.61. The molecule has 7 heteroatoms.